The summed E-state index contributed by atoms with van der Waals surface area (Å²) in [6.07, 6.45) is 2.45. The summed E-state index contributed by atoms with van der Waals surface area (Å²) in [6.45, 7) is 8.72. The van der Waals surface area contributed by atoms with E-state index in [4.69, 9.17) is 9.47 Å². The van der Waals surface area contributed by atoms with E-state index in [1.54, 1.807) is 0 Å². The lowest BCUT2D eigenvalue weighted by atomic mass is 10.2. The van der Waals surface area contributed by atoms with Crippen LogP contribution in [0.5, 0.6) is 11.5 Å². The summed E-state index contributed by atoms with van der Waals surface area (Å²) in [6, 6.07) is 4.87. The Morgan fingerprint density at radius 3 is 2.83 bits per heavy atom. The molecule has 0 bridgehead atoms. The van der Waals surface area contributed by atoms with Gasteiger partial charge in [-0.25, -0.2) is 4.79 Å². The zero-order chi connectivity index (χ0) is 17.4. The number of carbonyl (C=O) groups excluding carboxylic acids is 1. The molecule has 0 aliphatic carbocycles. The van der Waals surface area contributed by atoms with E-state index in [-0.39, 0.29) is 11.5 Å². The number of azo groups is 1. The van der Waals surface area contributed by atoms with Crippen LogP contribution in [0.15, 0.2) is 50.9 Å². The summed E-state index contributed by atoms with van der Waals surface area (Å²) in [5, 5.41) is 17.1. The molecule has 0 spiro atoms. The van der Waals surface area contributed by atoms with Crippen LogP contribution >= 0.6 is 0 Å². The molecule has 0 fully saturated rings. The molecule has 0 atom stereocenters. The molecule has 1 N–H and O–H groups in total. The fourth-order valence-electron chi connectivity index (χ4n) is 1.79. The average molecular weight is 329 g/mol. The largest absolute Gasteiger partial charge is 0.490 e. The zero-order valence-corrected chi connectivity index (χ0v) is 13.7. The monoisotopic (exact) mass is 329 g/mol. The topological polar surface area (TPSA) is 97.0 Å². The van der Waals surface area contributed by atoms with Crippen LogP contribution in [0.2, 0.25) is 0 Å². The van der Waals surface area contributed by atoms with Crippen molar-refractivity contribution in [3.05, 3.63) is 36.0 Å². The van der Waals surface area contributed by atoms with Crippen LogP contribution in [0, 0.1) is 0 Å². The summed E-state index contributed by atoms with van der Waals surface area (Å²) >= 11 is 0. The Labute approximate surface area is 140 Å². The second-order valence-electron chi connectivity index (χ2n) is 4.76. The molecule has 0 saturated heterocycles. The van der Waals surface area contributed by atoms with Crippen molar-refractivity contribution in [1.82, 2.24) is 5.32 Å². The molecule has 1 heterocycles. The van der Waals surface area contributed by atoms with Crippen molar-refractivity contribution in [3.63, 3.8) is 0 Å². The highest BCUT2D eigenvalue weighted by molar-refractivity contribution is 6.08. The first-order chi connectivity index (χ1) is 11.6. The first-order valence-corrected chi connectivity index (χ1v) is 7.56. The van der Waals surface area contributed by atoms with Gasteiger partial charge < -0.3 is 9.47 Å². The van der Waals surface area contributed by atoms with Crippen molar-refractivity contribution >= 4 is 18.1 Å². The van der Waals surface area contributed by atoms with Crippen molar-refractivity contribution in [2.24, 2.45) is 20.4 Å². The predicted octanol–water partition coefficient (Wildman–Crippen LogP) is 3.30. The molecule has 0 unspecified atom stereocenters. The molecule has 0 saturated carbocycles. The zero-order valence-electron chi connectivity index (χ0n) is 13.7. The van der Waals surface area contributed by atoms with Crippen LogP contribution in [-0.4, -0.2) is 31.3 Å². The fraction of sp³-hybridized carbons (Fsp3) is 0.312. The Hall–Kier alpha value is -3.03. The number of rotatable bonds is 7. The third-order valence-electron chi connectivity index (χ3n) is 2.85. The van der Waals surface area contributed by atoms with Crippen LogP contribution in [0.1, 0.15) is 25.8 Å². The van der Waals surface area contributed by atoms with Gasteiger partial charge in [0.1, 0.15) is 5.70 Å². The Bertz CT molecular complexity index is 710. The number of carbonyl (C=O) groups is 1. The van der Waals surface area contributed by atoms with Crippen molar-refractivity contribution < 1.29 is 14.3 Å². The minimum absolute atomic E-state index is 0.166. The van der Waals surface area contributed by atoms with Gasteiger partial charge in [-0.2, -0.15) is 5.10 Å². The molecular weight excluding hydrogens is 310 g/mol. The summed E-state index contributed by atoms with van der Waals surface area (Å²) in [5.41, 5.74) is 1.02. The minimum atomic E-state index is -0.604. The molecular formula is C16H19N5O3. The standard InChI is InChI=1S/C16H19N5O3/c1-4-8-24-13-7-6-12(9-14(13)23-5-2)10-17-20-15-11(3)19-21-16(22)18-15/h6-7,9-10H,3-5,8H2,1-2H3,(H,18,20,22)/b17-10+. The highest BCUT2D eigenvalue weighted by Crippen LogP contribution is 2.28. The first kappa shape index (κ1) is 17.3. The molecule has 0 radical (unpaired) electrons. The smallest absolute Gasteiger partial charge is 0.365 e. The van der Waals surface area contributed by atoms with Gasteiger partial charge >= 0.3 is 6.03 Å². The summed E-state index contributed by atoms with van der Waals surface area (Å²) in [5.74, 6) is 1.50. The second-order valence-corrected chi connectivity index (χ2v) is 4.76. The van der Waals surface area contributed by atoms with Gasteiger partial charge in [-0.3, -0.25) is 5.32 Å². The maximum atomic E-state index is 11.1. The van der Waals surface area contributed by atoms with Crippen LogP contribution < -0.4 is 14.8 Å². The van der Waals surface area contributed by atoms with Gasteiger partial charge in [0.2, 0.25) is 0 Å². The van der Waals surface area contributed by atoms with E-state index in [1.807, 2.05) is 32.0 Å². The average Bonchev–Trinajstić information content (AvgIpc) is 2.57. The van der Waals surface area contributed by atoms with E-state index in [1.165, 1.54) is 6.21 Å². The van der Waals surface area contributed by atoms with E-state index in [0.717, 1.165) is 12.0 Å². The van der Waals surface area contributed by atoms with Gasteiger partial charge in [0.25, 0.3) is 0 Å². The van der Waals surface area contributed by atoms with Crippen molar-refractivity contribution in [3.8, 4) is 11.5 Å². The lowest BCUT2D eigenvalue weighted by molar-refractivity contribution is 0.251. The van der Waals surface area contributed by atoms with Crippen LogP contribution in [-0.2, 0) is 0 Å². The van der Waals surface area contributed by atoms with Crippen molar-refractivity contribution in [2.75, 3.05) is 13.2 Å². The van der Waals surface area contributed by atoms with E-state index in [9.17, 15) is 4.79 Å². The molecule has 0 aromatic heterocycles. The highest BCUT2D eigenvalue weighted by Gasteiger charge is 2.14. The third-order valence-corrected chi connectivity index (χ3v) is 2.85. The number of amides is 2. The third kappa shape index (κ3) is 4.73. The van der Waals surface area contributed by atoms with Crippen LogP contribution in [0.3, 0.4) is 0 Å². The van der Waals surface area contributed by atoms with Gasteiger partial charge in [0.15, 0.2) is 17.3 Å². The van der Waals surface area contributed by atoms with E-state index in [2.05, 4.69) is 32.3 Å². The van der Waals surface area contributed by atoms with Gasteiger partial charge in [0, 0.05) is 0 Å². The number of nitrogens with one attached hydrogen (secondary N) is 1. The van der Waals surface area contributed by atoms with Crippen molar-refractivity contribution in [2.45, 2.75) is 20.3 Å². The maximum absolute atomic E-state index is 11.1. The van der Waals surface area contributed by atoms with E-state index < -0.39 is 6.03 Å². The number of amidine groups is 1. The molecule has 8 heteroatoms. The Morgan fingerprint density at radius 2 is 2.08 bits per heavy atom. The van der Waals surface area contributed by atoms with Crippen LogP contribution in [0.4, 0.5) is 4.79 Å². The first-order valence-electron chi connectivity index (χ1n) is 7.56. The number of nitrogens with zero attached hydrogens (tertiary/aromatic N) is 4. The normalized spacial score (nSPS) is 15.8. The molecule has 8 nitrogen and oxygen atoms in total. The van der Waals surface area contributed by atoms with Gasteiger partial charge in [-0.15, -0.1) is 10.2 Å². The second kappa shape index (κ2) is 8.56. The molecule has 1 aromatic rings. The number of benzene rings is 1. The minimum Gasteiger partial charge on any atom is -0.490 e. The lowest BCUT2D eigenvalue weighted by Gasteiger charge is -2.11. The molecule has 1 aromatic carbocycles. The summed E-state index contributed by atoms with van der Waals surface area (Å²) in [7, 11) is 0. The molecule has 24 heavy (non-hydrogen) atoms. The number of urea groups is 1. The molecule has 1 aliphatic heterocycles. The van der Waals surface area contributed by atoms with E-state index in [0.29, 0.717) is 24.7 Å². The Morgan fingerprint density at radius 1 is 1.25 bits per heavy atom. The van der Waals surface area contributed by atoms with Crippen molar-refractivity contribution in [1.29, 1.82) is 0 Å². The summed E-state index contributed by atoms with van der Waals surface area (Å²) < 4.78 is 11.2. The number of hydrogen-bond donors (Lipinski definition) is 1. The maximum Gasteiger partial charge on any atom is 0.365 e. The molecule has 2 rings (SSSR count). The van der Waals surface area contributed by atoms with Gasteiger partial charge in [-0.05, 0) is 37.1 Å². The predicted molar refractivity (Wildman–Crippen MR) is 91.0 cm³/mol. The molecule has 126 valence electrons. The summed E-state index contributed by atoms with van der Waals surface area (Å²) in [4.78, 5) is 11.1. The van der Waals surface area contributed by atoms with Gasteiger partial charge in [-0.1, -0.05) is 18.6 Å². The SMILES string of the molecule is C=C1N=NC(=O)N/C1=N/N=C/c1ccc(OCCC)c(OCC)c1. The Kier molecular flexibility index (Phi) is 6.18. The molecule has 1 aliphatic rings. The lowest BCUT2D eigenvalue weighted by Crippen LogP contribution is -2.31. The highest BCUT2D eigenvalue weighted by atomic mass is 16.5. The fourth-order valence-corrected chi connectivity index (χ4v) is 1.79. The molecule has 2 amide bonds. The van der Waals surface area contributed by atoms with E-state index >= 15 is 0 Å². The van der Waals surface area contributed by atoms with Crippen LogP contribution in [0.25, 0.3) is 0 Å². The quantitative estimate of drug-likeness (QED) is 0.614. The number of ether oxygens (including phenoxy) is 2. The van der Waals surface area contributed by atoms with Gasteiger partial charge in [0.05, 0.1) is 19.4 Å². The number of hydrogen-bond acceptors (Lipinski definition) is 6. The Balaban J connectivity index is 2.14.